The Morgan fingerprint density at radius 2 is 1.54 bits per heavy atom. The fourth-order valence-corrected chi connectivity index (χ4v) is 4.90. The number of fused-ring (bicyclic) bond motifs is 3. The summed E-state index contributed by atoms with van der Waals surface area (Å²) in [5.41, 5.74) is 6.02. The van der Waals surface area contributed by atoms with Crippen molar-refractivity contribution in [3.8, 4) is 5.75 Å². The Balaban J connectivity index is 1.38. The maximum atomic E-state index is 11.4. The first-order valence-electron chi connectivity index (χ1n) is 13.2. The molecule has 0 saturated heterocycles. The van der Waals surface area contributed by atoms with E-state index < -0.39 is 12.1 Å². The van der Waals surface area contributed by atoms with E-state index in [2.05, 4.69) is 70.4 Å². The molecule has 6 heteroatoms. The molecule has 0 spiro atoms. The quantitative estimate of drug-likeness (QED) is 0.116. The number of oxime groups is 1. The number of ether oxygens (including phenoxy) is 1. The molecule has 0 bridgehead atoms. The Kier molecular flexibility index (Phi) is 7.92. The smallest absolute Gasteiger partial charge is 0.344 e. The van der Waals surface area contributed by atoms with E-state index in [1.54, 1.807) is 6.92 Å². The van der Waals surface area contributed by atoms with Gasteiger partial charge in [-0.15, -0.1) is 0 Å². The van der Waals surface area contributed by atoms with Gasteiger partial charge in [-0.25, -0.2) is 4.79 Å². The number of hydrogen-bond acceptors (Lipinski definition) is 4. The number of aliphatic carboxylic acids is 1. The van der Waals surface area contributed by atoms with Gasteiger partial charge >= 0.3 is 5.97 Å². The predicted octanol–water partition coefficient (Wildman–Crippen LogP) is 7.01. The minimum absolute atomic E-state index is 0.386. The maximum absolute atomic E-state index is 11.4. The van der Waals surface area contributed by atoms with Gasteiger partial charge in [0.1, 0.15) is 12.4 Å². The number of nitrogens with zero attached hydrogens (tertiary/aromatic N) is 2. The van der Waals surface area contributed by atoms with E-state index in [-0.39, 0.29) is 0 Å². The van der Waals surface area contributed by atoms with Gasteiger partial charge in [-0.3, -0.25) is 0 Å². The highest BCUT2D eigenvalue weighted by Gasteiger charge is 2.18. The van der Waals surface area contributed by atoms with Crippen LogP contribution in [0.5, 0.6) is 5.75 Å². The molecule has 1 N–H and O–H groups in total. The molecule has 0 saturated carbocycles. The Morgan fingerprint density at radius 3 is 2.15 bits per heavy atom. The second kappa shape index (κ2) is 11.9. The van der Waals surface area contributed by atoms with Gasteiger partial charge in [-0.05, 0) is 54.8 Å². The number of carboxylic acids is 1. The van der Waals surface area contributed by atoms with Crippen molar-refractivity contribution in [1.29, 1.82) is 0 Å². The number of aryl methyl sites for hydroxylation is 1. The monoisotopic (exact) mass is 520 g/mol. The number of hydrogen-bond donors (Lipinski definition) is 1. The molecule has 0 radical (unpaired) electrons. The standard InChI is InChI=1S/C33H32N2O4/c1-3-31(33(36)37)39-32-18-17-25(21-23(32)2)28(22-24-11-5-4-6-12-24)34-38-20-19-35-29-15-9-7-13-26(29)27-14-8-10-16-30(27)35/h4-18,21,31H,3,19-20,22H2,1-2H3,(H,36,37)/b34-28+. The van der Waals surface area contributed by atoms with Crippen LogP contribution in [-0.2, 0) is 22.6 Å². The largest absolute Gasteiger partial charge is 0.479 e. The normalized spacial score (nSPS) is 12.5. The Labute approximate surface area is 228 Å². The second-order valence-electron chi connectivity index (χ2n) is 9.55. The SMILES string of the molecule is CCC(Oc1ccc(/C(Cc2ccccc2)=N/OCCn2c3ccccc3c3ccccc32)cc1C)C(=O)O. The predicted molar refractivity (Wildman–Crippen MR) is 156 cm³/mol. The summed E-state index contributed by atoms with van der Waals surface area (Å²) in [6.45, 7) is 4.79. The molecule has 4 aromatic carbocycles. The number of benzene rings is 4. The summed E-state index contributed by atoms with van der Waals surface area (Å²) in [6.07, 6.45) is 0.107. The first kappa shape index (κ1) is 26.0. The summed E-state index contributed by atoms with van der Waals surface area (Å²) in [5.74, 6) is -0.414. The molecule has 1 heterocycles. The molecule has 5 aromatic rings. The summed E-state index contributed by atoms with van der Waals surface area (Å²) < 4.78 is 8.02. The Bertz CT molecular complexity index is 1570. The summed E-state index contributed by atoms with van der Waals surface area (Å²) in [6, 6.07) is 32.7. The van der Waals surface area contributed by atoms with Crippen molar-refractivity contribution < 1.29 is 19.5 Å². The van der Waals surface area contributed by atoms with E-state index >= 15 is 0 Å². The van der Waals surface area contributed by atoms with E-state index in [4.69, 9.17) is 9.57 Å². The van der Waals surface area contributed by atoms with Crippen LogP contribution >= 0.6 is 0 Å². The van der Waals surface area contributed by atoms with E-state index in [1.165, 1.54) is 21.8 Å². The van der Waals surface area contributed by atoms with Crippen molar-refractivity contribution in [2.24, 2.45) is 5.16 Å². The molecule has 0 aliphatic rings. The maximum Gasteiger partial charge on any atom is 0.344 e. The second-order valence-corrected chi connectivity index (χ2v) is 9.55. The number of carbonyl (C=O) groups is 1. The van der Waals surface area contributed by atoms with Crippen molar-refractivity contribution in [3.63, 3.8) is 0 Å². The van der Waals surface area contributed by atoms with Crippen LogP contribution in [0.4, 0.5) is 0 Å². The zero-order valence-corrected chi connectivity index (χ0v) is 22.2. The number of para-hydroxylation sites is 2. The zero-order chi connectivity index (χ0) is 27.2. The molecule has 1 atom stereocenters. The lowest BCUT2D eigenvalue weighted by Crippen LogP contribution is -2.26. The first-order chi connectivity index (χ1) is 19.0. The van der Waals surface area contributed by atoms with Gasteiger partial charge in [0.25, 0.3) is 0 Å². The number of rotatable bonds is 11. The molecular formula is C33H32N2O4. The lowest BCUT2D eigenvalue weighted by atomic mass is 10.0. The Morgan fingerprint density at radius 1 is 0.897 bits per heavy atom. The molecule has 39 heavy (non-hydrogen) atoms. The average molecular weight is 521 g/mol. The summed E-state index contributed by atoms with van der Waals surface area (Å²) >= 11 is 0. The zero-order valence-electron chi connectivity index (χ0n) is 22.2. The number of carboxylic acid groups (broad SMARTS) is 1. The van der Waals surface area contributed by atoms with Crippen LogP contribution in [0.3, 0.4) is 0 Å². The fraction of sp³-hybridized carbons (Fsp3) is 0.212. The van der Waals surface area contributed by atoms with Crippen LogP contribution in [0.2, 0.25) is 0 Å². The van der Waals surface area contributed by atoms with Crippen molar-refractivity contribution in [3.05, 3.63) is 114 Å². The molecule has 1 aromatic heterocycles. The fourth-order valence-electron chi connectivity index (χ4n) is 4.90. The third-order valence-electron chi connectivity index (χ3n) is 6.90. The van der Waals surface area contributed by atoms with E-state index in [1.807, 2.05) is 43.3 Å². The van der Waals surface area contributed by atoms with Gasteiger partial charge < -0.3 is 19.2 Å². The highest BCUT2D eigenvalue weighted by Crippen LogP contribution is 2.28. The lowest BCUT2D eigenvalue weighted by molar-refractivity contribution is -0.145. The minimum Gasteiger partial charge on any atom is -0.479 e. The van der Waals surface area contributed by atoms with Crippen LogP contribution in [0.25, 0.3) is 21.8 Å². The van der Waals surface area contributed by atoms with E-state index in [0.29, 0.717) is 31.7 Å². The molecule has 198 valence electrons. The van der Waals surface area contributed by atoms with E-state index in [9.17, 15) is 9.90 Å². The van der Waals surface area contributed by atoms with Crippen molar-refractivity contribution in [1.82, 2.24) is 4.57 Å². The van der Waals surface area contributed by atoms with Gasteiger partial charge in [-0.2, -0.15) is 0 Å². The molecule has 0 fully saturated rings. The average Bonchev–Trinajstić information content (AvgIpc) is 3.28. The topological polar surface area (TPSA) is 73.0 Å². The summed E-state index contributed by atoms with van der Waals surface area (Å²) in [7, 11) is 0. The summed E-state index contributed by atoms with van der Waals surface area (Å²) in [5, 5.41) is 16.4. The third kappa shape index (κ3) is 5.80. The number of aromatic nitrogens is 1. The molecule has 5 rings (SSSR count). The molecule has 6 nitrogen and oxygen atoms in total. The molecule has 0 aliphatic heterocycles. The first-order valence-corrected chi connectivity index (χ1v) is 13.2. The highest BCUT2D eigenvalue weighted by molar-refractivity contribution is 6.08. The van der Waals surface area contributed by atoms with Crippen LogP contribution in [-0.4, -0.2) is 34.1 Å². The minimum atomic E-state index is -0.969. The van der Waals surface area contributed by atoms with Gasteiger partial charge in [-0.1, -0.05) is 78.8 Å². The van der Waals surface area contributed by atoms with Crippen LogP contribution in [0.1, 0.15) is 30.0 Å². The van der Waals surface area contributed by atoms with Crippen molar-refractivity contribution in [2.45, 2.75) is 39.3 Å². The van der Waals surface area contributed by atoms with Crippen LogP contribution in [0, 0.1) is 6.92 Å². The molecular weight excluding hydrogens is 488 g/mol. The van der Waals surface area contributed by atoms with Gasteiger partial charge in [0.05, 0.1) is 12.3 Å². The highest BCUT2D eigenvalue weighted by atomic mass is 16.6. The van der Waals surface area contributed by atoms with Crippen molar-refractivity contribution >= 4 is 33.5 Å². The van der Waals surface area contributed by atoms with Crippen molar-refractivity contribution in [2.75, 3.05) is 6.61 Å². The van der Waals surface area contributed by atoms with E-state index in [0.717, 1.165) is 22.4 Å². The molecule has 0 aliphatic carbocycles. The van der Waals surface area contributed by atoms with Gasteiger partial charge in [0.15, 0.2) is 6.10 Å². The molecule has 1 unspecified atom stereocenters. The Hall–Kier alpha value is -4.58. The molecule has 0 amide bonds. The van der Waals surface area contributed by atoms with Crippen LogP contribution < -0.4 is 4.74 Å². The van der Waals surface area contributed by atoms with Gasteiger partial charge in [0, 0.05) is 33.8 Å². The van der Waals surface area contributed by atoms with Crippen LogP contribution in [0.15, 0.2) is 102 Å². The van der Waals surface area contributed by atoms with Gasteiger partial charge in [0.2, 0.25) is 0 Å². The lowest BCUT2D eigenvalue weighted by Gasteiger charge is -2.16. The summed E-state index contributed by atoms with van der Waals surface area (Å²) in [4.78, 5) is 17.4. The third-order valence-corrected chi connectivity index (χ3v) is 6.90.